The fourth-order valence-electron chi connectivity index (χ4n) is 3.66. The molecular formula is C19H28BrIN4O. The second kappa shape index (κ2) is 9.92. The molecule has 3 rings (SSSR count). The first-order valence-corrected chi connectivity index (χ1v) is 9.98. The second-order valence-corrected chi connectivity index (χ2v) is 7.94. The van der Waals surface area contributed by atoms with Crippen molar-refractivity contribution in [1.82, 2.24) is 15.5 Å². The number of carbonyl (C=O) groups is 1. The van der Waals surface area contributed by atoms with Gasteiger partial charge < -0.3 is 15.5 Å². The van der Waals surface area contributed by atoms with E-state index in [4.69, 9.17) is 4.99 Å². The molecule has 144 valence electrons. The molecule has 0 radical (unpaired) electrons. The van der Waals surface area contributed by atoms with Gasteiger partial charge in [-0.15, -0.1) is 24.0 Å². The Balaban J connectivity index is 0.00000243. The highest BCUT2D eigenvalue weighted by molar-refractivity contribution is 14.0. The van der Waals surface area contributed by atoms with Crippen LogP contribution in [0.5, 0.6) is 0 Å². The molecule has 0 bridgehead atoms. The van der Waals surface area contributed by atoms with Crippen LogP contribution in [0.25, 0.3) is 0 Å². The second-order valence-electron chi connectivity index (χ2n) is 7.02. The van der Waals surface area contributed by atoms with Gasteiger partial charge in [-0.25, -0.2) is 0 Å². The van der Waals surface area contributed by atoms with Crippen LogP contribution in [-0.2, 0) is 0 Å². The first-order chi connectivity index (χ1) is 12.1. The molecule has 2 fully saturated rings. The summed E-state index contributed by atoms with van der Waals surface area (Å²) in [5.41, 5.74) is 1.23. The van der Waals surface area contributed by atoms with E-state index in [0.717, 1.165) is 30.1 Å². The lowest BCUT2D eigenvalue weighted by Crippen LogP contribution is -2.43. The van der Waals surface area contributed by atoms with E-state index in [0.29, 0.717) is 24.1 Å². The largest absolute Gasteiger partial charge is 0.357 e. The zero-order valence-electron chi connectivity index (χ0n) is 15.3. The first-order valence-electron chi connectivity index (χ1n) is 9.19. The van der Waals surface area contributed by atoms with Gasteiger partial charge in [-0.05, 0) is 55.9 Å². The van der Waals surface area contributed by atoms with Crippen molar-refractivity contribution in [2.75, 3.05) is 32.7 Å². The molecule has 1 aromatic rings. The average molecular weight is 535 g/mol. The molecule has 1 saturated heterocycles. The molecule has 1 aliphatic heterocycles. The van der Waals surface area contributed by atoms with Crippen LogP contribution in [0.4, 0.5) is 0 Å². The van der Waals surface area contributed by atoms with Gasteiger partial charge >= 0.3 is 0 Å². The van der Waals surface area contributed by atoms with Crippen molar-refractivity contribution in [3.63, 3.8) is 0 Å². The van der Waals surface area contributed by atoms with Crippen LogP contribution in [0, 0.1) is 5.41 Å². The molecule has 1 aromatic carbocycles. The number of hydrogen-bond acceptors (Lipinski definition) is 2. The molecular weight excluding hydrogens is 507 g/mol. The Hall–Kier alpha value is -0.830. The maximum Gasteiger partial charge on any atom is 0.251 e. The third-order valence-corrected chi connectivity index (χ3v) is 5.78. The molecule has 0 atom stereocenters. The Bertz CT molecular complexity index is 631. The highest BCUT2D eigenvalue weighted by Crippen LogP contribution is 2.47. The van der Waals surface area contributed by atoms with Crippen LogP contribution in [0.3, 0.4) is 0 Å². The van der Waals surface area contributed by atoms with Crippen molar-refractivity contribution in [1.29, 1.82) is 0 Å². The van der Waals surface area contributed by atoms with Gasteiger partial charge in [-0.1, -0.05) is 22.4 Å². The van der Waals surface area contributed by atoms with Crippen molar-refractivity contribution in [3.8, 4) is 0 Å². The summed E-state index contributed by atoms with van der Waals surface area (Å²) < 4.78 is 0.971. The van der Waals surface area contributed by atoms with Crippen LogP contribution in [-0.4, -0.2) is 49.5 Å². The highest BCUT2D eigenvalue weighted by atomic mass is 127. The molecule has 0 unspecified atom stereocenters. The molecule has 1 aliphatic carbocycles. The minimum absolute atomic E-state index is 0. The number of guanidine groups is 1. The molecule has 7 heteroatoms. The number of hydrogen-bond donors (Lipinski definition) is 2. The van der Waals surface area contributed by atoms with Gasteiger partial charge in [0.05, 0.1) is 6.54 Å². The van der Waals surface area contributed by atoms with E-state index < -0.39 is 0 Å². The number of nitrogens with one attached hydrogen (secondary N) is 2. The predicted octanol–water partition coefficient (Wildman–Crippen LogP) is 3.64. The minimum Gasteiger partial charge on any atom is -0.357 e. The van der Waals surface area contributed by atoms with Gasteiger partial charge in [0.1, 0.15) is 0 Å². The molecule has 2 N–H and O–H groups in total. The summed E-state index contributed by atoms with van der Waals surface area (Å²) in [6.45, 7) is 6.33. The van der Waals surface area contributed by atoms with E-state index in [2.05, 4.69) is 38.4 Å². The zero-order valence-corrected chi connectivity index (χ0v) is 19.2. The SMILES string of the molecule is CCNC(=NCCNC(=O)c1ccc(Br)cc1)N1CCC2(CCC2)C1.I. The number of benzene rings is 1. The third-order valence-electron chi connectivity index (χ3n) is 5.25. The monoisotopic (exact) mass is 534 g/mol. The summed E-state index contributed by atoms with van der Waals surface area (Å²) in [5, 5.41) is 6.33. The molecule has 1 spiro atoms. The van der Waals surface area contributed by atoms with Gasteiger partial charge in [-0.3, -0.25) is 9.79 Å². The smallest absolute Gasteiger partial charge is 0.251 e. The Morgan fingerprint density at radius 1 is 1.23 bits per heavy atom. The molecule has 1 saturated carbocycles. The van der Waals surface area contributed by atoms with Crippen molar-refractivity contribution in [3.05, 3.63) is 34.3 Å². The van der Waals surface area contributed by atoms with E-state index in [1.165, 1.54) is 25.7 Å². The summed E-state index contributed by atoms with van der Waals surface area (Å²) in [6.07, 6.45) is 5.40. The van der Waals surface area contributed by atoms with E-state index in [1.54, 1.807) is 0 Å². The molecule has 5 nitrogen and oxygen atoms in total. The zero-order chi connectivity index (χ0) is 17.7. The quantitative estimate of drug-likeness (QED) is 0.262. The number of likely N-dealkylation sites (tertiary alicyclic amines) is 1. The Morgan fingerprint density at radius 3 is 2.54 bits per heavy atom. The maximum absolute atomic E-state index is 12.1. The van der Waals surface area contributed by atoms with Gasteiger partial charge in [0, 0.05) is 36.2 Å². The number of nitrogens with zero attached hydrogens (tertiary/aromatic N) is 2. The van der Waals surface area contributed by atoms with Gasteiger partial charge in [0.15, 0.2) is 5.96 Å². The van der Waals surface area contributed by atoms with E-state index in [-0.39, 0.29) is 29.9 Å². The van der Waals surface area contributed by atoms with Crippen molar-refractivity contribution in [2.45, 2.75) is 32.6 Å². The van der Waals surface area contributed by atoms with Crippen LogP contribution in [0.15, 0.2) is 33.7 Å². The van der Waals surface area contributed by atoms with Gasteiger partial charge in [0.25, 0.3) is 5.91 Å². The highest BCUT2D eigenvalue weighted by Gasteiger charge is 2.43. The fourth-order valence-corrected chi connectivity index (χ4v) is 3.93. The Labute approximate surface area is 181 Å². The van der Waals surface area contributed by atoms with Crippen molar-refractivity contribution in [2.24, 2.45) is 10.4 Å². The summed E-state index contributed by atoms with van der Waals surface area (Å²) in [4.78, 5) is 19.2. The minimum atomic E-state index is -0.0534. The number of amides is 1. The number of aliphatic imine (C=N–C) groups is 1. The number of rotatable bonds is 5. The first kappa shape index (κ1) is 21.5. The summed E-state index contributed by atoms with van der Waals surface area (Å²) >= 11 is 3.38. The normalized spacial score (nSPS) is 18.2. The fraction of sp³-hybridized carbons (Fsp3) is 0.579. The molecule has 26 heavy (non-hydrogen) atoms. The molecule has 2 aliphatic rings. The Morgan fingerprint density at radius 2 is 1.96 bits per heavy atom. The molecule has 1 heterocycles. The lowest BCUT2D eigenvalue weighted by atomic mass is 9.68. The summed E-state index contributed by atoms with van der Waals surface area (Å²) in [6, 6.07) is 7.38. The van der Waals surface area contributed by atoms with E-state index >= 15 is 0 Å². The number of carbonyl (C=O) groups excluding carboxylic acids is 1. The lowest BCUT2D eigenvalue weighted by molar-refractivity contribution is 0.0955. The standard InChI is InChI=1S/C19H27BrN4O.HI/c1-2-21-18(24-13-10-19(14-24)8-3-9-19)23-12-11-22-17(25)15-4-6-16(20)7-5-15;/h4-7H,2-3,8-14H2,1H3,(H,21,23)(H,22,25);1H. The average Bonchev–Trinajstić information content (AvgIpc) is 3.04. The van der Waals surface area contributed by atoms with E-state index in [1.807, 2.05) is 24.3 Å². The molecule has 0 aromatic heterocycles. The Kier molecular flexibility index (Phi) is 8.19. The summed E-state index contributed by atoms with van der Waals surface area (Å²) in [7, 11) is 0. The predicted molar refractivity (Wildman–Crippen MR) is 120 cm³/mol. The van der Waals surface area contributed by atoms with Crippen LogP contribution in [0.2, 0.25) is 0 Å². The third kappa shape index (κ3) is 5.34. The topological polar surface area (TPSA) is 56.7 Å². The number of halogens is 2. The van der Waals surface area contributed by atoms with Crippen LogP contribution >= 0.6 is 39.9 Å². The van der Waals surface area contributed by atoms with Crippen LogP contribution < -0.4 is 10.6 Å². The van der Waals surface area contributed by atoms with Crippen molar-refractivity contribution >= 4 is 51.8 Å². The lowest BCUT2D eigenvalue weighted by Gasteiger charge is -2.38. The van der Waals surface area contributed by atoms with Crippen molar-refractivity contribution < 1.29 is 4.79 Å². The van der Waals surface area contributed by atoms with E-state index in [9.17, 15) is 4.79 Å². The maximum atomic E-state index is 12.1. The van der Waals surface area contributed by atoms with Crippen LogP contribution in [0.1, 0.15) is 43.0 Å². The summed E-state index contributed by atoms with van der Waals surface area (Å²) in [5.74, 6) is 0.937. The molecule has 1 amide bonds. The van der Waals surface area contributed by atoms with Gasteiger partial charge in [0.2, 0.25) is 0 Å². The van der Waals surface area contributed by atoms with Gasteiger partial charge in [-0.2, -0.15) is 0 Å².